The molecule has 0 spiro atoms. The van der Waals surface area contributed by atoms with E-state index in [0.29, 0.717) is 6.54 Å². The van der Waals surface area contributed by atoms with Gasteiger partial charge in [-0.1, -0.05) is 6.07 Å². The molecule has 2 heterocycles. The number of hydrogen-bond acceptors (Lipinski definition) is 3. The first-order valence-electron chi connectivity index (χ1n) is 3.20. The largest absolute Gasteiger partial charge is 0.232 e. The van der Waals surface area contributed by atoms with Crippen LogP contribution in [-0.2, 0) is 6.54 Å². The van der Waals surface area contributed by atoms with Crippen LogP contribution in [0.5, 0.6) is 0 Å². The summed E-state index contributed by atoms with van der Waals surface area (Å²) in [6.07, 6.45) is 0. The molecular weight excluding hydrogens is 126 g/mol. The van der Waals surface area contributed by atoms with E-state index in [4.69, 9.17) is 0 Å². The molecule has 1 aromatic rings. The third-order valence-electron chi connectivity index (χ3n) is 1.50. The summed E-state index contributed by atoms with van der Waals surface area (Å²) >= 11 is 0. The normalized spacial score (nSPS) is 13.7. The standard InChI is InChI=1S/C7H7N3/c1-5-2-3-6-4-8-10-7(6)9-5/h2-3H,4H2,1H3. The van der Waals surface area contributed by atoms with Crippen LogP contribution >= 0.6 is 0 Å². The van der Waals surface area contributed by atoms with Crippen LogP contribution in [0.1, 0.15) is 11.3 Å². The molecule has 0 amide bonds. The van der Waals surface area contributed by atoms with E-state index in [9.17, 15) is 0 Å². The van der Waals surface area contributed by atoms with Gasteiger partial charge in [-0.2, -0.15) is 5.11 Å². The molecule has 3 heteroatoms. The van der Waals surface area contributed by atoms with E-state index in [1.165, 1.54) is 0 Å². The monoisotopic (exact) mass is 133 g/mol. The molecule has 0 fully saturated rings. The Balaban J connectivity index is 2.60. The van der Waals surface area contributed by atoms with Crippen molar-refractivity contribution < 1.29 is 0 Å². The molecule has 2 rings (SSSR count). The Morgan fingerprint density at radius 1 is 1.40 bits per heavy atom. The lowest BCUT2D eigenvalue weighted by atomic mass is 10.2. The van der Waals surface area contributed by atoms with Gasteiger partial charge in [0.05, 0.1) is 6.54 Å². The van der Waals surface area contributed by atoms with Crippen LogP contribution in [0.2, 0.25) is 0 Å². The van der Waals surface area contributed by atoms with Crippen molar-refractivity contribution in [2.45, 2.75) is 13.5 Å². The number of aryl methyl sites for hydroxylation is 1. The number of azo groups is 1. The SMILES string of the molecule is Cc1ccc2c(n1)N=NC2. The second-order valence-corrected chi connectivity index (χ2v) is 2.33. The average molecular weight is 133 g/mol. The molecule has 3 nitrogen and oxygen atoms in total. The van der Waals surface area contributed by atoms with Crippen LogP contribution in [0.15, 0.2) is 22.4 Å². The third-order valence-corrected chi connectivity index (χ3v) is 1.50. The van der Waals surface area contributed by atoms with Gasteiger partial charge in [0.15, 0.2) is 5.82 Å². The molecule has 0 N–H and O–H groups in total. The highest BCUT2D eigenvalue weighted by molar-refractivity contribution is 5.40. The van der Waals surface area contributed by atoms with Crippen LogP contribution in [0.25, 0.3) is 0 Å². The Morgan fingerprint density at radius 2 is 2.30 bits per heavy atom. The molecule has 1 aromatic heterocycles. The van der Waals surface area contributed by atoms with Gasteiger partial charge in [0, 0.05) is 11.3 Å². The quantitative estimate of drug-likeness (QED) is 0.533. The number of hydrogen-bond donors (Lipinski definition) is 0. The summed E-state index contributed by atoms with van der Waals surface area (Å²) in [7, 11) is 0. The first kappa shape index (κ1) is 5.53. The number of aromatic nitrogens is 1. The minimum Gasteiger partial charge on any atom is -0.232 e. The second-order valence-electron chi connectivity index (χ2n) is 2.33. The Kier molecular flexibility index (Phi) is 1.03. The van der Waals surface area contributed by atoms with Gasteiger partial charge in [0.2, 0.25) is 0 Å². The van der Waals surface area contributed by atoms with Crippen molar-refractivity contribution in [1.82, 2.24) is 4.98 Å². The van der Waals surface area contributed by atoms with Gasteiger partial charge in [-0.05, 0) is 13.0 Å². The van der Waals surface area contributed by atoms with Gasteiger partial charge in [-0.15, -0.1) is 5.11 Å². The van der Waals surface area contributed by atoms with Gasteiger partial charge in [-0.3, -0.25) is 0 Å². The molecule has 10 heavy (non-hydrogen) atoms. The van der Waals surface area contributed by atoms with Crippen molar-refractivity contribution in [2.24, 2.45) is 10.2 Å². The molecule has 0 atom stereocenters. The number of fused-ring (bicyclic) bond motifs is 1. The first-order valence-corrected chi connectivity index (χ1v) is 3.20. The third kappa shape index (κ3) is 0.708. The predicted octanol–water partition coefficient (Wildman–Crippen LogP) is 1.99. The maximum Gasteiger partial charge on any atom is 0.179 e. The Bertz CT molecular complexity index is 291. The smallest absolute Gasteiger partial charge is 0.179 e. The van der Waals surface area contributed by atoms with Gasteiger partial charge in [0.25, 0.3) is 0 Å². The summed E-state index contributed by atoms with van der Waals surface area (Å²) in [6.45, 7) is 2.65. The van der Waals surface area contributed by atoms with Crippen molar-refractivity contribution in [3.63, 3.8) is 0 Å². The van der Waals surface area contributed by atoms with Crippen LogP contribution in [-0.4, -0.2) is 4.98 Å². The van der Waals surface area contributed by atoms with E-state index < -0.39 is 0 Å². The van der Waals surface area contributed by atoms with Crippen LogP contribution < -0.4 is 0 Å². The Morgan fingerprint density at radius 3 is 3.20 bits per heavy atom. The maximum absolute atomic E-state index is 4.19. The van der Waals surface area contributed by atoms with Crippen LogP contribution in [0, 0.1) is 6.92 Å². The van der Waals surface area contributed by atoms with E-state index in [1.54, 1.807) is 0 Å². The highest BCUT2D eigenvalue weighted by atomic mass is 15.2. The lowest BCUT2D eigenvalue weighted by molar-refractivity contribution is 1.04. The van der Waals surface area contributed by atoms with Crippen LogP contribution in [0.3, 0.4) is 0 Å². The number of rotatable bonds is 0. The molecule has 0 bridgehead atoms. The molecule has 0 radical (unpaired) electrons. The van der Waals surface area contributed by atoms with Gasteiger partial charge in [0.1, 0.15) is 0 Å². The number of pyridine rings is 1. The summed E-state index contributed by atoms with van der Waals surface area (Å²) in [5, 5.41) is 7.73. The zero-order chi connectivity index (χ0) is 6.97. The molecule has 1 aliphatic heterocycles. The summed E-state index contributed by atoms with van der Waals surface area (Å²) in [5.41, 5.74) is 2.13. The average Bonchev–Trinajstić information content (AvgIpc) is 2.33. The Hall–Kier alpha value is -1.25. The molecule has 0 saturated heterocycles. The van der Waals surface area contributed by atoms with E-state index in [2.05, 4.69) is 15.2 Å². The predicted molar refractivity (Wildman–Crippen MR) is 37.2 cm³/mol. The molecule has 1 aliphatic rings. The highest BCUT2D eigenvalue weighted by Gasteiger charge is 2.07. The van der Waals surface area contributed by atoms with Crippen molar-refractivity contribution in [3.05, 3.63) is 23.4 Å². The zero-order valence-electron chi connectivity index (χ0n) is 5.70. The molecule has 0 aliphatic carbocycles. The molecular formula is C7H7N3. The van der Waals surface area contributed by atoms with Gasteiger partial charge >= 0.3 is 0 Å². The van der Waals surface area contributed by atoms with Gasteiger partial charge in [-0.25, -0.2) is 4.98 Å². The highest BCUT2D eigenvalue weighted by Crippen LogP contribution is 2.23. The molecule has 50 valence electrons. The van der Waals surface area contributed by atoms with E-state index in [-0.39, 0.29) is 0 Å². The second kappa shape index (κ2) is 1.87. The van der Waals surface area contributed by atoms with Gasteiger partial charge < -0.3 is 0 Å². The molecule has 0 saturated carbocycles. The topological polar surface area (TPSA) is 37.6 Å². The summed E-state index contributed by atoms with van der Waals surface area (Å²) < 4.78 is 0. The minimum absolute atomic E-state index is 0.697. The fourth-order valence-corrected chi connectivity index (χ4v) is 0.960. The summed E-state index contributed by atoms with van der Waals surface area (Å²) in [4.78, 5) is 4.19. The molecule has 0 aromatic carbocycles. The van der Waals surface area contributed by atoms with Crippen molar-refractivity contribution in [1.29, 1.82) is 0 Å². The van der Waals surface area contributed by atoms with E-state index in [1.807, 2.05) is 19.1 Å². The fourth-order valence-electron chi connectivity index (χ4n) is 0.960. The van der Waals surface area contributed by atoms with Crippen molar-refractivity contribution in [3.8, 4) is 0 Å². The zero-order valence-corrected chi connectivity index (χ0v) is 5.70. The van der Waals surface area contributed by atoms with E-state index in [0.717, 1.165) is 17.1 Å². The minimum atomic E-state index is 0.697. The maximum atomic E-state index is 4.19. The number of nitrogens with zero attached hydrogens (tertiary/aromatic N) is 3. The Labute approximate surface area is 58.8 Å². The fraction of sp³-hybridized carbons (Fsp3) is 0.286. The first-order chi connectivity index (χ1) is 4.86. The summed E-state index contributed by atoms with van der Waals surface area (Å²) in [5.74, 6) is 0.792. The summed E-state index contributed by atoms with van der Waals surface area (Å²) in [6, 6.07) is 4.01. The van der Waals surface area contributed by atoms with Crippen molar-refractivity contribution in [2.75, 3.05) is 0 Å². The van der Waals surface area contributed by atoms with Crippen LogP contribution in [0.4, 0.5) is 5.82 Å². The molecule has 0 unspecified atom stereocenters. The van der Waals surface area contributed by atoms with E-state index >= 15 is 0 Å². The van der Waals surface area contributed by atoms with Crippen molar-refractivity contribution >= 4 is 5.82 Å². The lowest BCUT2D eigenvalue weighted by Crippen LogP contribution is -1.82. The lowest BCUT2D eigenvalue weighted by Gasteiger charge is -1.93.